The van der Waals surface area contributed by atoms with Crippen molar-refractivity contribution in [2.75, 3.05) is 27.9 Å². The Morgan fingerprint density at radius 2 is 1.46 bits per heavy atom. The van der Waals surface area contributed by atoms with Gasteiger partial charge in [0.25, 0.3) is 0 Å². The number of carbonyl (C=O) groups is 2. The molecule has 9 nitrogen and oxygen atoms in total. The molecular weight excluding hydrogens is 480 g/mol. The Bertz CT molecular complexity index is 1310. The molecule has 1 heterocycles. The van der Waals surface area contributed by atoms with Gasteiger partial charge in [-0.15, -0.1) is 0 Å². The summed E-state index contributed by atoms with van der Waals surface area (Å²) in [7, 11) is 4.47. The minimum absolute atomic E-state index is 0.0436. The fraction of sp³-hybridized carbons (Fsp3) is 0.286. The molecule has 194 valence electrons. The molecule has 4 rings (SSSR count). The van der Waals surface area contributed by atoms with E-state index in [1.54, 1.807) is 30.3 Å². The Balaban J connectivity index is 1.91. The van der Waals surface area contributed by atoms with Gasteiger partial charge in [-0.25, -0.2) is 0 Å². The van der Waals surface area contributed by atoms with Crippen LogP contribution in [0.2, 0.25) is 0 Å². The van der Waals surface area contributed by atoms with Crippen LogP contribution < -0.4 is 28.4 Å². The van der Waals surface area contributed by atoms with Crippen molar-refractivity contribution in [3.63, 3.8) is 0 Å². The summed E-state index contributed by atoms with van der Waals surface area (Å²) < 4.78 is 33.3. The van der Waals surface area contributed by atoms with E-state index in [2.05, 4.69) is 0 Å². The van der Waals surface area contributed by atoms with Crippen LogP contribution in [-0.2, 0) is 9.59 Å². The molecule has 0 saturated heterocycles. The molecule has 2 atom stereocenters. The third kappa shape index (κ3) is 5.11. The van der Waals surface area contributed by atoms with Crippen LogP contribution in [0.3, 0.4) is 0 Å². The van der Waals surface area contributed by atoms with E-state index in [1.165, 1.54) is 41.2 Å². The molecule has 0 aromatic heterocycles. The fourth-order valence-electron chi connectivity index (χ4n) is 4.68. The van der Waals surface area contributed by atoms with Crippen molar-refractivity contribution < 1.29 is 43.1 Å². The standard InChI is InChI=1S/C28H28O9/c1-15(29)36-18-8-6-17(7-9-18)21-14-35-23-12-19(37-16(2)30)10-11-20(23)25(21)26-22(31)13-24(32-3)27(33-4)28(26)34-5/h6-13,21,25,31H,14H2,1-5H3/t21-,25+/m1/s1. The summed E-state index contributed by atoms with van der Waals surface area (Å²) in [6, 6.07) is 13.7. The number of carbonyl (C=O) groups excluding carboxylic acids is 2. The van der Waals surface area contributed by atoms with E-state index in [1.807, 2.05) is 12.1 Å². The second-order valence-electron chi connectivity index (χ2n) is 8.43. The summed E-state index contributed by atoms with van der Waals surface area (Å²) in [5, 5.41) is 11.2. The first-order chi connectivity index (χ1) is 17.8. The molecule has 0 fully saturated rings. The quantitative estimate of drug-likeness (QED) is 0.362. The van der Waals surface area contributed by atoms with Crippen LogP contribution in [0, 0.1) is 0 Å². The van der Waals surface area contributed by atoms with Gasteiger partial charge in [-0.3, -0.25) is 9.59 Å². The molecule has 3 aromatic rings. The largest absolute Gasteiger partial charge is 0.507 e. The molecule has 1 aliphatic rings. The number of ether oxygens (including phenoxy) is 6. The van der Waals surface area contributed by atoms with Gasteiger partial charge in [0.15, 0.2) is 11.5 Å². The second kappa shape index (κ2) is 10.7. The molecule has 37 heavy (non-hydrogen) atoms. The van der Waals surface area contributed by atoms with Crippen LogP contribution >= 0.6 is 0 Å². The van der Waals surface area contributed by atoms with Crippen molar-refractivity contribution in [3.05, 3.63) is 65.2 Å². The van der Waals surface area contributed by atoms with Gasteiger partial charge in [0.2, 0.25) is 5.75 Å². The van der Waals surface area contributed by atoms with Gasteiger partial charge in [0.05, 0.1) is 27.9 Å². The third-order valence-electron chi connectivity index (χ3n) is 6.13. The summed E-state index contributed by atoms with van der Waals surface area (Å²) in [5.74, 6) is 0.614. The topological polar surface area (TPSA) is 110 Å². The lowest BCUT2D eigenvalue weighted by Gasteiger charge is -2.36. The minimum Gasteiger partial charge on any atom is -0.507 e. The minimum atomic E-state index is -0.454. The van der Waals surface area contributed by atoms with E-state index in [-0.39, 0.29) is 18.3 Å². The molecule has 0 aliphatic carbocycles. The normalized spacial score (nSPS) is 16.1. The summed E-state index contributed by atoms with van der Waals surface area (Å²) in [6.45, 7) is 2.91. The molecule has 0 radical (unpaired) electrons. The number of rotatable bonds is 7. The van der Waals surface area contributed by atoms with Crippen LogP contribution in [0.1, 0.15) is 42.4 Å². The first-order valence-corrected chi connectivity index (χ1v) is 11.5. The highest BCUT2D eigenvalue weighted by molar-refractivity contribution is 5.71. The number of hydrogen-bond acceptors (Lipinski definition) is 9. The average Bonchev–Trinajstić information content (AvgIpc) is 2.87. The van der Waals surface area contributed by atoms with E-state index < -0.39 is 17.9 Å². The van der Waals surface area contributed by atoms with Crippen LogP contribution in [-0.4, -0.2) is 45.0 Å². The summed E-state index contributed by atoms with van der Waals surface area (Å²) in [5.41, 5.74) is 2.11. The van der Waals surface area contributed by atoms with Crippen molar-refractivity contribution in [2.45, 2.75) is 25.7 Å². The number of aromatic hydroxyl groups is 1. The Hall–Kier alpha value is -4.40. The van der Waals surface area contributed by atoms with E-state index in [9.17, 15) is 14.7 Å². The van der Waals surface area contributed by atoms with E-state index in [4.69, 9.17) is 28.4 Å². The van der Waals surface area contributed by atoms with E-state index >= 15 is 0 Å². The number of methoxy groups -OCH3 is 3. The monoisotopic (exact) mass is 508 g/mol. The fourth-order valence-corrected chi connectivity index (χ4v) is 4.68. The summed E-state index contributed by atoms with van der Waals surface area (Å²) >= 11 is 0. The van der Waals surface area contributed by atoms with Crippen molar-refractivity contribution in [2.24, 2.45) is 0 Å². The summed E-state index contributed by atoms with van der Waals surface area (Å²) in [4.78, 5) is 22.8. The number of fused-ring (bicyclic) bond motifs is 1. The van der Waals surface area contributed by atoms with Gasteiger partial charge >= 0.3 is 11.9 Å². The lowest BCUT2D eigenvalue weighted by molar-refractivity contribution is -0.132. The zero-order valence-electron chi connectivity index (χ0n) is 21.2. The zero-order valence-corrected chi connectivity index (χ0v) is 21.2. The molecule has 0 spiro atoms. The molecular formula is C28H28O9. The second-order valence-corrected chi connectivity index (χ2v) is 8.43. The Labute approximate surface area is 214 Å². The lowest BCUT2D eigenvalue weighted by atomic mass is 9.75. The molecule has 1 aliphatic heterocycles. The van der Waals surface area contributed by atoms with Crippen LogP contribution in [0.15, 0.2) is 48.5 Å². The number of phenols is 1. The Kier molecular flexibility index (Phi) is 7.42. The van der Waals surface area contributed by atoms with Crippen LogP contribution in [0.25, 0.3) is 0 Å². The first-order valence-electron chi connectivity index (χ1n) is 11.5. The van der Waals surface area contributed by atoms with E-state index in [0.29, 0.717) is 40.1 Å². The lowest BCUT2D eigenvalue weighted by Crippen LogP contribution is -2.26. The van der Waals surface area contributed by atoms with Gasteiger partial charge in [-0.1, -0.05) is 18.2 Å². The number of phenolic OH excluding ortho intramolecular Hbond substituents is 1. The van der Waals surface area contributed by atoms with Crippen molar-refractivity contribution in [1.29, 1.82) is 0 Å². The molecule has 9 heteroatoms. The SMILES string of the molecule is COc1cc(O)c([C@H]2c3ccc(OC(C)=O)cc3OC[C@@H]2c2ccc(OC(C)=O)cc2)c(OC)c1OC. The molecule has 1 N–H and O–H groups in total. The maximum atomic E-state index is 11.5. The highest BCUT2D eigenvalue weighted by Gasteiger charge is 2.39. The van der Waals surface area contributed by atoms with Gasteiger partial charge < -0.3 is 33.5 Å². The molecule has 0 bridgehead atoms. The first kappa shape index (κ1) is 25.7. The highest BCUT2D eigenvalue weighted by atomic mass is 16.5. The molecule has 0 unspecified atom stereocenters. The van der Waals surface area contributed by atoms with Gasteiger partial charge in [0.1, 0.15) is 23.0 Å². The van der Waals surface area contributed by atoms with Crippen LogP contribution in [0.4, 0.5) is 0 Å². The van der Waals surface area contributed by atoms with Gasteiger partial charge in [-0.2, -0.15) is 0 Å². The van der Waals surface area contributed by atoms with Crippen molar-refractivity contribution in [1.82, 2.24) is 0 Å². The maximum absolute atomic E-state index is 11.5. The van der Waals surface area contributed by atoms with Gasteiger partial charge in [0, 0.05) is 48.9 Å². The van der Waals surface area contributed by atoms with E-state index in [0.717, 1.165) is 11.1 Å². The third-order valence-corrected chi connectivity index (χ3v) is 6.13. The molecule has 0 amide bonds. The number of benzene rings is 3. The van der Waals surface area contributed by atoms with Gasteiger partial charge in [-0.05, 0) is 23.8 Å². The Morgan fingerprint density at radius 3 is 2.05 bits per heavy atom. The smallest absolute Gasteiger partial charge is 0.308 e. The van der Waals surface area contributed by atoms with Crippen molar-refractivity contribution in [3.8, 4) is 40.2 Å². The highest BCUT2D eigenvalue weighted by Crippen LogP contribution is 2.55. The maximum Gasteiger partial charge on any atom is 0.308 e. The molecule has 0 saturated carbocycles. The predicted octanol–water partition coefficient (Wildman–Crippen LogP) is 4.58. The zero-order chi connectivity index (χ0) is 26.7. The van der Waals surface area contributed by atoms with Crippen molar-refractivity contribution >= 4 is 11.9 Å². The Morgan fingerprint density at radius 1 is 0.838 bits per heavy atom. The predicted molar refractivity (Wildman–Crippen MR) is 133 cm³/mol. The van der Waals surface area contributed by atoms with Crippen LogP contribution in [0.5, 0.6) is 40.2 Å². The average molecular weight is 509 g/mol. The molecule has 3 aromatic carbocycles. The number of esters is 2. The summed E-state index contributed by atoms with van der Waals surface area (Å²) in [6.07, 6.45) is 0. The number of hydrogen-bond donors (Lipinski definition) is 1.